The lowest BCUT2D eigenvalue weighted by Gasteiger charge is -2.06. The van der Waals surface area contributed by atoms with Crippen LogP contribution < -0.4 is 0 Å². The zero-order chi connectivity index (χ0) is 17.2. The lowest BCUT2D eigenvalue weighted by Crippen LogP contribution is -2.03. The van der Waals surface area contributed by atoms with E-state index in [1.807, 2.05) is 22.9 Å². The zero-order valence-electron chi connectivity index (χ0n) is 12.0. The number of benzene rings is 1. The first-order valence-corrected chi connectivity index (χ1v) is 8.52. The first-order chi connectivity index (χ1) is 11.5. The smallest absolute Gasteiger partial charge is 0.234 e. The second-order valence-electron chi connectivity index (χ2n) is 4.80. The Bertz CT molecular complexity index is 899. The van der Waals surface area contributed by atoms with Gasteiger partial charge in [-0.25, -0.2) is 4.98 Å². The summed E-state index contributed by atoms with van der Waals surface area (Å²) in [5.41, 5.74) is 0.918. The van der Waals surface area contributed by atoms with Crippen molar-refractivity contribution in [2.75, 3.05) is 0 Å². The summed E-state index contributed by atoms with van der Waals surface area (Å²) in [5, 5.41) is 13.7. The van der Waals surface area contributed by atoms with Gasteiger partial charge in [0.25, 0.3) is 0 Å². The predicted octanol–water partition coefficient (Wildman–Crippen LogP) is 5.95. The molecule has 3 rings (SSSR count). The van der Waals surface area contributed by atoms with Crippen molar-refractivity contribution in [1.82, 2.24) is 4.98 Å². The fourth-order valence-electron chi connectivity index (χ4n) is 2.01. The quantitative estimate of drug-likeness (QED) is 0.540. The van der Waals surface area contributed by atoms with Crippen LogP contribution in [0, 0.1) is 11.3 Å². The van der Waals surface area contributed by atoms with Gasteiger partial charge in [-0.2, -0.15) is 18.4 Å². The molecule has 2 heterocycles. The minimum Gasteiger partial charge on any atom is -0.234 e. The standard InChI is InChI=1S/C17H9F3N2S2/c18-17(19,20)13-5-3-11(4-6-13)8-12(9-21)16-22-14(10-24-16)15-2-1-7-23-15/h1-8,10H/b12-8-. The number of rotatable bonds is 3. The summed E-state index contributed by atoms with van der Waals surface area (Å²) in [6, 6.07) is 10.6. The Morgan fingerprint density at radius 1 is 1.12 bits per heavy atom. The Morgan fingerprint density at radius 3 is 2.46 bits per heavy atom. The average Bonchev–Trinajstić information content (AvgIpc) is 3.23. The van der Waals surface area contributed by atoms with Crippen LogP contribution in [0.4, 0.5) is 13.2 Å². The summed E-state index contributed by atoms with van der Waals surface area (Å²) in [5.74, 6) is 0. The molecule has 1 aromatic carbocycles. The number of hydrogen-bond donors (Lipinski definition) is 0. The van der Waals surface area contributed by atoms with Gasteiger partial charge in [-0.3, -0.25) is 0 Å². The number of nitriles is 1. The molecular weight excluding hydrogens is 353 g/mol. The minimum absolute atomic E-state index is 0.322. The van der Waals surface area contributed by atoms with E-state index in [0.29, 0.717) is 16.1 Å². The van der Waals surface area contributed by atoms with E-state index in [1.165, 1.54) is 29.5 Å². The summed E-state index contributed by atoms with van der Waals surface area (Å²) >= 11 is 2.88. The molecule has 0 aliphatic carbocycles. The van der Waals surface area contributed by atoms with Crippen LogP contribution in [-0.2, 0) is 6.18 Å². The molecule has 0 N–H and O–H groups in total. The van der Waals surface area contributed by atoms with Crippen molar-refractivity contribution < 1.29 is 13.2 Å². The van der Waals surface area contributed by atoms with Gasteiger partial charge in [0.15, 0.2) is 0 Å². The number of aromatic nitrogens is 1. The van der Waals surface area contributed by atoms with Gasteiger partial charge >= 0.3 is 6.18 Å². The number of nitrogens with zero attached hydrogens (tertiary/aromatic N) is 2. The Labute approximate surface area is 144 Å². The molecule has 7 heteroatoms. The summed E-state index contributed by atoms with van der Waals surface area (Å²) in [4.78, 5) is 5.44. The van der Waals surface area contributed by atoms with E-state index in [2.05, 4.69) is 11.1 Å². The van der Waals surface area contributed by atoms with Gasteiger partial charge < -0.3 is 0 Å². The molecule has 120 valence electrons. The molecule has 0 aliphatic heterocycles. The predicted molar refractivity (Wildman–Crippen MR) is 90.4 cm³/mol. The van der Waals surface area contributed by atoms with E-state index >= 15 is 0 Å². The van der Waals surface area contributed by atoms with Crippen molar-refractivity contribution in [2.24, 2.45) is 0 Å². The fourth-order valence-corrected chi connectivity index (χ4v) is 3.56. The number of alkyl halides is 3. The molecule has 0 saturated heterocycles. The summed E-state index contributed by atoms with van der Waals surface area (Å²) in [7, 11) is 0. The maximum atomic E-state index is 12.6. The molecule has 3 aromatic rings. The molecular formula is C17H9F3N2S2. The van der Waals surface area contributed by atoms with Gasteiger partial charge in [-0.1, -0.05) is 18.2 Å². The van der Waals surface area contributed by atoms with E-state index in [-0.39, 0.29) is 0 Å². The van der Waals surface area contributed by atoms with Crippen molar-refractivity contribution >= 4 is 34.3 Å². The normalized spacial score (nSPS) is 12.2. The van der Waals surface area contributed by atoms with Crippen LogP contribution in [0.1, 0.15) is 16.1 Å². The van der Waals surface area contributed by atoms with Crippen molar-refractivity contribution in [3.05, 3.63) is 63.3 Å². The third-order valence-electron chi connectivity index (χ3n) is 3.18. The van der Waals surface area contributed by atoms with Crippen LogP contribution in [-0.4, -0.2) is 4.98 Å². The van der Waals surface area contributed by atoms with Gasteiger partial charge in [0.05, 0.1) is 21.7 Å². The molecule has 24 heavy (non-hydrogen) atoms. The minimum atomic E-state index is -4.37. The van der Waals surface area contributed by atoms with Crippen molar-refractivity contribution in [3.63, 3.8) is 0 Å². The van der Waals surface area contributed by atoms with Gasteiger partial charge in [0.2, 0.25) is 0 Å². The summed E-state index contributed by atoms with van der Waals surface area (Å²) in [6.45, 7) is 0. The van der Waals surface area contributed by atoms with E-state index in [9.17, 15) is 18.4 Å². The lowest BCUT2D eigenvalue weighted by molar-refractivity contribution is -0.137. The Morgan fingerprint density at radius 2 is 1.88 bits per heavy atom. The highest BCUT2D eigenvalue weighted by atomic mass is 32.1. The summed E-state index contributed by atoms with van der Waals surface area (Å²) < 4.78 is 37.7. The van der Waals surface area contributed by atoms with E-state index in [1.54, 1.807) is 11.3 Å². The number of allylic oxidation sites excluding steroid dienone is 1. The molecule has 0 radical (unpaired) electrons. The van der Waals surface area contributed by atoms with Crippen molar-refractivity contribution in [3.8, 4) is 16.6 Å². The molecule has 0 saturated carbocycles. The van der Waals surface area contributed by atoms with E-state index in [0.717, 1.165) is 22.7 Å². The maximum Gasteiger partial charge on any atom is 0.416 e. The molecule has 0 bridgehead atoms. The molecule has 0 unspecified atom stereocenters. The number of thiophene rings is 1. The van der Waals surface area contributed by atoms with Crippen LogP contribution >= 0.6 is 22.7 Å². The highest BCUT2D eigenvalue weighted by molar-refractivity contribution is 7.14. The fraction of sp³-hybridized carbons (Fsp3) is 0.0588. The number of thiazole rings is 1. The molecule has 0 fully saturated rings. The largest absolute Gasteiger partial charge is 0.416 e. The van der Waals surface area contributed by atoms with Crippen molar-refractivity contribution in [1.29, 1.82) is 5.26 Å². The maximum absolute atomic E-state index is 12.6. The first kappa shape index (κ1) is 16.4. The zero-order valence-corrected chi connectivity index (χ0v) is 13.7. The topological polar surface area (TPSA) is 36.7 Å². The van der Waals surface area contributed by atoms with Gasteiger partial charge in [0, 0.05) is 5.38 Å². The lowest BCUT2D eigenvalue weighted by atomic mass is 10.1. The SMILES string of the molecule is N#C/C(=C/c1ccc(C(F)(F)F)cc1)c1nc(-c2cccs2)cs1. The van der Waals surface area contributed by atoms with Gasteiger partial charge in [0.1, 0.15) is 11.1 Å². The van der Waals surface area contributed by atoms with Crippen LogP contribution in [0.5, 0.6) is 0 Å². The average molecular weight is 362 g/mol. The first-order valence-electron chi connectivity index (χ1n) is 6.76. The second-order valence-corrected chi connectivity index (χ2v) is 6.61. The Kier molecular flexibility index (Phi) is 4.51. The molecule has 0 spiro atoms. The number of halogens is 3. The third-order valence-corrected chi connectivity index (χ3v) is 4.95. The van der Waals surface area contributed by atoms with Crippen LogP contribution in [0.2, 0.25) is 0 Å². The van der Waals surface area contributed by atoms with Gasteiger partial charge in [-0.05, 0) is 35.2 Å². The summed E-state index contributed by atoms with van der Waals surface area (Å²) in [6.07, 6.45) is -2.83. The van der Waals surface area contributed by atoms with Crippen molar-refractivity contribution in [2.45, 2.75) is 6.18 Å². The Hall–Kier alpha value is -2.43. The monoisotopic (exact) mass is 362 g/mol. The third kappa shape index (κ3) is 3.55. The molecule has 0 amide bonds. The molecule has 0 atom stereocenters. The van der Waals surface area contributed by atoms with Gasteiger partial charge in [-0.15, -0.1) is 22.7 Å². The molecule has 0 aliphatic rings. The van der Waals surface area contributed by atoms with Crippen LogP contribution in [0.15, 0.2) is 47.2 Å². The van der Waals surface area contributed by atoms with E-state index in [4.69, 9.17) is 0 Å². The highest BCUT2D eigenvalue weighted by Crippen LogP contribution is 2.31. The molecule has 2 nitrogen and oxygen atoms in total. The molecule has 2 aromatic heterocycles. The van der Waals surface area contributed by atoms with E-state index < -0.39 is 11.7 Å². The second kappa shape index (κ2) is 6.59. The number of hydrogen-bond acceptors (Lipinski definition) is 4. The highest BCUT2D eigenvalue weighted by Gasteiger charge is 2.29. The Balaban J connectivity index is 1.89. The van der Waals surface area contributed by atoms with Crippen LogP contribution in [0.25, 0.3) is 22.2 Å². The van der Waals surface area contributed by atoms with Crippen LogP contribution in [0.3, 0.4) is 0 Å².